The lowest BCUT2D eigenvalue weighted by Gasteiger charge is -2.32. The molecule has 0 radical (unpaired) electrons. The molecule has 4 rings (SSSR count). The quantitative estimate of drug-likeness (QED) is 0.280. The third-order valence-corrected chi connectivity index (χ3v) is 7.13. The summed E-state index contributed by atoms with van der Waals surface area (Å²) >= 11 is 12.4. The Morgan fingerprint density at radius 3 is 2.33 bits per heavy atom. The summed E-state index contributed by atoms with van der Waals surface area (Å²) in [6, 6.07) is 14.4. The SMILES string of the molecule is Cc1cc(Cl)c(OCCOc2ccc(CC(CN)C(=O)N3CCCc4cc(C(F)(F)F)ccc43)cc2)c(Cl)c1. The molecule has 0 bridgehead atoms. The first-order chi connectivity index (χ1) is 18.6. The van der Waals surface area contributed by atoms with Crippen molar-refractivity contribution in [1.29, 1.82) is 0 Å². The Bertz CT molecular complexity index is 1290. The van der Waals surface area contributed by atoms with Crippen LogP contribution in [0.4, 0.5) is 18.9 Å². The normalized spacial score (nSPS) is 14.1. The number of carbonyl (C=O) groups excluding carboxylic acids is 1. The number of alkyl halides is 3. The van der Waals surface area contributed by atoms with Gasteiger partial charge in [-0.15, -0.1) is 0 Å². The summed E-state index contributed by atoms with van der Waals surface area (Å²) in [5.41, 5.74) is 8.14. The second-order valence-electron chi connectivity index (χ2n) is 9.47. The predicted octanol–water partition coefficient (Wildman–Crippen LogP) is 6.88. The van der Waals surface area contributed by atoms with Crippen molar-refractivity contribution in [3.8, 4) is 11.5 Å². The van der Waals surface area contributed by atoms with Gasteiger partial charge in [-0.2, -0.15) is 13.2 Å². The summed E-state index contributed by atoms with van der Waals surface area (Å²) in [4.78, 5) is 14.9. The molecule has 1 unspecified atom stereocenters. The van der Waals surface area contributed by atoms with Gasteiger partial charge >= 0.3 is 6.18 Å². The molecule has 3 aromatic rings. The van der Waals surface area contributed by atoms with Crippen molar-refractivity contribution in [2.24, 2.45) is 11.7 Å². The molecule has 208 valence electrons. The number of amides is 1. The molecule has 1 atom stereocenters. The lowest BCUT2D eigenvalue weighted by molar-refractivity contribution is -0.137. The highest BCUT2D eigenvalue weighted by molar-refractivity contribution is 6.37. The largest absolute Gasteiger partial charge is 0.490 e. The monoisotopic (exact) mass is 580 g/mol. The summed E-state index contributed by atoms with van der Waals surface area (Å²) in [5.74, 6) is 0.341. The van der Waals surface area contributed by atoms with E-state index in [4.69, 9.17) is 38.4 Å². The van der Waals surface area contributed by atoms with Gasteiger partial charge in [0.1, 0.15) is 19.0 Å². The van der Waals surface area contributed by atoms with Crippen LogP contribution in [-0.4, -0.2) is 32.2 Å². The maximum Gasteiger partial charge on any atom is 0.416 e. The number of nitrogens with zero attached hydrogens (tertiary/aromatic N) is 1. The van der Waals surface area contributed by atoms with Crippen LogP contribution in [0.3, 0.4) is 0 Å². The highest BCUT2D eigenvalue weighted by Gasteiger charge is 2.33. The number of benzene rings is 3. The highest BCUT2D eigenvalue weighted by atomic mass is 35.5. The molecule has 0 fully saturated rings. The van der Waals surface area contributed by atoms with Crippen LogP contribution in [0.1, 0.15) is 28.7 Å². The zero-order valence-electron chi connectivity index (χ0n) is 21.4. The van der Waals surface area contributed by atoms with E-state index < -0.39 is 17.7 Å². The van der Waals surface area contributed by atoms with E-state index in [0.717, 1.165) is 23.3 Å². The number of rotatable bonds is 9. The molecule has 1 aliphatic rings. The van der Waals surface area contributed by atoms with Gasteiger partial charge in [-0.3, -0.25) is 4.79 Å². The number of hydrogen-bond donors (Lipinski definition) is 1. The summed E-state index contributed by atoms with van der Waals surface area (Å²) in [7, 11) is 0. The van der Waals surface area contributed by atoms with Gasteiger partial charge in [-0.05, 0) is 85.3 Å². The molecule has 1 aliphatic heterocycles. The van der Waals surface area contributed by atoms with E-state index in [1.807, 2.05) is 19.1 Å². The molecule has 1 heterocycles. The van der Waals surface area contributed by atoms with Crippen LogP contribution in [0, 0.1) is 12.8 Å². The van der Waals surface area contributed by atoms with Gasteiger partial charge in [0.25, 0.3) is 0 Å². The van der Waals surface area contributed by atoms with Crippen molar-refractivity contribution in [2.75, 3.05) is 31.2 Å². The molecule has 1 amide bonds. The van der Waals surface area contributed by atoms with Crippen LogP contribution >= 0.6 is 23.2 Å². The van der Waals surface area contributed by atoms with Crippen molar-refractivity contribution >= 4 is 34.8 Å². The van der Waals surface area contributed by atoms with Gasteiger partial charge in [0.15, 0.2) is 5.75 Å². The van der Waals surface area contributed by atoms with Gasteiger partial charge in [0.2, 0.25) is 5.91 Å². The maximum atomic E-state index is 13.4. The first kappa shape index (κ1) is 29.1. The fourth-order valence-corrected chi connectivity index (χ4v) is 5.33. The molecule has 0 saturated carbocycles. The minimum absolute atomic E-state index is 0.116. The molecule has 10 heteroatoms. The van der Waals surface area contributed by atoms with Crippen molar-refractivity contribution in [3.05, 3.63) is 86.9 Å². The highest BCUT2D eigenvalue weighted by Crippen LogP contribution is 2.36. The molecular weight excluding hydrogens is 552 g/mol. The Balaban J connectivity index is 1.33. The van der Waals surface area contributed by atoms with Crippen LogP contribution in [0.5, 0.6) is 11.5 Å². The van der Waals surface area contributed by atoms with Crippen LogP contribution < -0.4 is 20.1 Å². The van der Waals surface area contributed by atoms with E-state index in [2.05, 4.69) is 0 Å². The topological polar surface area (TPSA) is 64.8 Å². The molecule has 0 spiro atoms. The molecule has 3 aromatic carbocycles. The predicted molar refractivity (Wildman–Crippen MR) is 147 cm³/mol. The Morgan fingerprint density at radius 1 is 1.03 bits per heavy atom. The summed E-state index contributed by atoms with van der Waals surface area (Å²) in [5, 5.41) is 0.875. The van der Waals surface area contributed by atoms with Crippen molar-refractivity contribution < 1.29 is 27.4 Å². The van der Waals surface area contributed by atoms with E-state index in [0.29, 0.717) is 58.6 Å². The second-order valence-corrected chi connectivity index (χ2v) is 10.3. The van der Waals surface area contributed by atoms with E-state index in [-0.39, 0.29) is 25.7 Å². The Hall–Kier alpha value is -2.94. The molecule has 0 saturated heterocycles. The lowest BCUT2D eigenvalue weighted by Crippen LogP contribution is -2.42. The maximum absolute atomic E-state index is 13.4. The number of carbonyl (C=O) groups is 1. The zero-order valence-corrected chi connectivity index (χ0v) is 22.9. The molecule has 5 nitrogen and oxygen atoms in total. The summed E-state index contributed by atoms with van der Waals surface area (Å²) in [6.45, 7) is 2.97. The first-order valence-electron chi connectivity index (χ1n) is 12.6. The zero-order chi connectivity index (χ0) is 28.2. The molecule has 39 heavy (non-hydrogen) atoms. The van der Waals surface area contributed by atoms with Crippen LogP contribution in [-0.2, 0) is 23.8 Å². The van der Waals surface area contributed by atoms with Crippen LogP contribution in [0.25, 0.3) is 0 Å². The van der Waals surface area contributed by atoms with E-state index in [9.17, 15) is 18.0 Å². The minimum atomic E-state index is -4.42. The summed E-state index contributed by atoms with van der Waals surface area (Å²) < 4.78 is 50.8. The molecule has 0 aliphatic carbocycles. The van der Waals surface area contributed by atoms with Crippen LogP contribution in [0.15, 0.2) is 54.6 Å². The number of fused-ring (bicyclic) bond motifs is 1. The van der Waals surface area contributed by atoms with Crippen molar-refractivity contribution in [2.45, 2.75) is 32.4 Å². The Morgan fingerprint density at radius 2 is 1.69 bits per heavy atom. The van der Waals surface area contributed by atoms with Gasteiger partial charge < -0.3 is 20.1 Å². The smallest absolute Gasteiger partial charge is 0.416 e. The average Bonchev–Trinajstić information content (AvgIpc) is 2.90. The third-order valence-electron chi connectivity index (χ3n) is 6.57. The van der Waals surface area contributed by atoms with Crippen LogP contribution in [0.2, 0.25) is 10.0 Å². The number of halogens is 5. The van der Waals surface area contributed by atoms with E-state index >= 15 is 0 Å². The molecule has 2 N–H and O–H groups in total. The average molecular weight is 581 g/mol. The number of aryl methyl sites for hydroxylation is 2. The standard InChI is InChI=1S/C29H29Cl2F3N2O3/c1-18-13-24(30)27(25(31)14-18)39-12-11-38-23-7-4-19(5-8-23)15-21(17-35)28(37)36-10-2-3-20-16-22(29(32,33)34)6-9-26(20)36/h4-9,13-14,16,21H,2-3,10-12,15,17,35H2,1H3. The molecule has 0 aromatic heterocycles. The van der Waals surface area contributed by atoms with Gasteiger partial charge in [-0.25, -0.2) is 0 Å². The number of nitrogens with two attached hydrogens (primary N) is 1. The minimum Gasteiger partial charge on any atom is -0.490 e. The number of hydrogen-bond acceptors (Lipinski definition) is 4. The fourth-order valence-electron chi connectivity index (χ4n) is 4.63. The molecular formula is C29H29Cl2F3N2O3. The summed E-state index contributed by atoms with van der Waals surface area (Å²) in [6.07, 6.45) is -2.94. The van der Waals surface area contributed by atoms with Crippen molar-refractivity contribution in [1.82, 2.24) is 0 Å². The fraction of sp³-hybridized carbons (Fsp3) is 0.345. The second kappa shape index (κ2) is 12.5. The van der Waals surface area contributed by atoms with Gasteiger partial charge in [-0.1, -0.05) is 35.3 Å². The Kier molecular flexibility index (Phi) is 9.31. The first-order valence-corrected chi connectivity index (χ1v) is 13.3. The third kappa shape index (κ3) is 7.18. The number of ether oxygens (including phenoxy) is 2. The van der Waals surface area contributed by atoms with Gasteiger partial charge in [0.05, 0.1) is 21.5 Å². The Labute approximate surface area is 235 Å². The van der Waals surface area contributed by atoms with E-state index in [1.54, 1.807) is 29.2 Å². The van der Waals surface area contributed by atoms with Crippen molar-refractivity contribution in [3.63, 3.8) is 0 Å². The number of anilines is 1. The van der Waals surface area contributed by atoms with E-state index in [1.165, 1.54) is 6.07 Å². The lowest BCUT2D eigenvalue weighted by atomic mass is 9.94. The van der Waals surface area contributed by atoms with Gasteiger partial charge in [0, 0.05) is 18.8 Å².